The quantitative estimate of drug-likeness (QED) is 0.791. The summed E-state index contributed by atoms with van der Waals surface area (Å²) in [6.45, 7) is 3.78. The topological polar surface area (TPSA) is 104 Å². The maximum Gasteiger partial charge on any atom is 0.329 e. The van der Waals surface area contributed by atoms with Crippen LogP contribution >= 0.6 is 11.3 Å². The molecule has 2 amide bonds. The Bertz CT molecular complexity index is 519. The largest absolute Gasteiger partial charge is 0.480 e. The van der Waals surface area contributed by atoms with Crippen molar-refractivity contribution in [3.05, 3.63) is 5.01 Å². The Morgan fingerprint density at radius 2 is 2.20 bits per heavy atom. The normalized spacial score (nSPS) is 26.0. The molecular weight excluding hydrogens is 280 g/mol. The van der Waals surface area contributed by atoms with E-state index in [1.165, 1.54) is 11.3 Å². The zero-order valence-corrected chi connectivity index (χ0v) is 12.3. The monoisotopic (exact) mass is 298 g/mol. The van der Waals surface area contributed by atoms with Crippen LogP contribution in [0.5, 0.6) is 0 Å². The second-order valence-corrected chi connectivity index (χ2v) is 6.48. The molecule has 0 radical (unpaired) electrons. The molecule has 20 heavy (non-hydrogen) atoms. The number of aliphatic carboxylic acids is 1. The van der Waals surface area contributed by atoms with Gasteiger partial charge in [-0.2, -0.15) is 0 Å². The van der Waals surface area contributed by atoms with Crippen LogP contribution in [0, 0.1) is 12.8 Å². The van der Waals surface area contributed by atoms with Gasteiger partial charge in [0.15, 0.2) is 0 Å². The first-order valence-corrected chi connectivity index (χ1v) is 7.35. The van der Waals surface area contributed by atoms with Crippen LogP contribution in [-0.4, -0.2) is 32.8 Å². The van der Waals surface area contributed by atoms with Crippen LogP contribution in [0.3, 0.4) is 0 Å². The number of hydrogen-bond donors (Lipinski definition) is 3. The van der Waals surface area contributed by atoms with E-state index in [1.807, 2.05) is 6.92 Å². The van der Waals surface area contributed by atoms with Gasteiger partial charge in [0.25, 0.3) is 0 Å². The van der Waals surface area contributed by atoms with Crippen molar-refractivity contribution >= 4 is 28.5 Å². The Kier molecular flexibility index (Phi) is 4.22. The summed E-state index contributed by atoms with van der Waals surface area (Å²) in [5.74, 6) is -0.698. The molecule has 1 saturated carbocycles. The Balaban J connectivity index is 2.04. The lowest BCUT2D eigenvalue weighted by Crippen LogP contribution is -2.57. The number of anilines is 1. The predicted molar refractivity (Wildman–Crippen MR) is 74.8 cm³/mol. The molecule has 1 fully saturated rings. The highest BCUT2D eigenvalue weighted by atomic mass is 32.1. The van der Waals surface area contributed by atoms with E-state index in [4.69, 9.17) is 0 Å². The van der Waals surface area contributed by atoms with Crippen molar-refractivity contribution < 1.29 is 14.7 Å². The second kappa shape index (κ2) is 5.74. The molecule has 0 bridgehead atoms. The fraction of sp³-hybridized carbons (Fsp3) is 0.667. The van der Waals surface area contributed by atoms with Crippen LogP contribution in [0.1, 0.15) is 37.6 Å². The van der Waals surface area contributed by atoms with Gasteiger partial charge in [-0.3, -0.25) is 5.32 Å². The molecule has 0 spiro atoms. The molecule has 2 atom stereocenters. The van der Waals surface area contributed by atoms with Crippen molar-refractivity contribution in [2.75, 3.05) is 5.32 Å². The van der Waals surface area contributed by atoms with Crippen molar-refractivity contribution in [1.29, 1.82) is 0 Å². The number of nitrogens with one attached hydrogen (secondary N) is 2. The summed E-state index contributed by atoms with van der Waals surface area (Å²) in [6.07, 6.45) is 2.69. The zero-order valence-electron chi connectivity index (χ0n) is 11.5. The lowest BCUT2D eigenvalue weighted by Gasteiger charge is -2.36. The van der Waals surface area contributed by atoms with Crippen LogP contribution in [0.25, 0.3) is 0 Å². The molecule has 1 aromatic heterocycles. The minimum absolute atomic E-state index is 0.281. The zero-order chi connectivity index (χ0) is 14.8. The van der Waals surface area contributed by atoms with Crippen LogP contribution in [0.15, 0.2) is 0 Å². The molecule has 7 nitrogen and oxygen atoms in total. The summed E-state index contributed by atoms with van der Waals surface area (Å²) in [7, 11) is 0. The SMILES string of the molecule is Cc1nnc(NC(=O)NC2(C(=O)O)CCCC(C)C2)s1. The minimum Gasteiger partial charge on any atom is -0.480 e. The summed E-state index contributed by atoms with van der Waals surface area (Å²) >= 11 is 1.24. The number of aromatic nitrogens is 2. The molecule has 1 aliphatic carbocycles. The Labute approximate surface area is 120 Å². The van der Waals surface area contributed by atoms with Gasteiger partial charge in [0, 0.05) is 0 Å². The molecule has 0 aliphatic heterocycles. The van der Waals surface area contributed by atoms with Gasteiger partial charge in [-0.1, -0.05) is 31.1 Å². The number of aryl methyl sites for hydroxylation is 1. The first-order valence-electron chi connectivity index (χ1n) is 6.54. The molecule has 1 heterocycles. The summed E-state index contributed by atoms with van der Waals surface area (Å²) in [5.41, 5.74) is -1.18. The first kappa shape index (κ1) is 14.7. The number of hydrogen-bond acceptors (Lipinski definition) is 5. The highest BCUT2D eigenvalue weighted by molar-refractivity contribution is 7.15. The van der Waals surface area contributed by atoms with Gasteiger partial charge in [-0.25, -0.2) is 9.59 Å². The first-order chi connectivity index (χ1) is 9.41. The summed E-state index contributed by atoms with van der Waals surface area (Å²) in [6, 6.07) is -0.544. The maximum atomic E-state index is 12.0. The average molecular weight is 298 g/mol. The fourth-order valence-electron chi connectivity index (χ4n) is 2.61. The molecule has 8 heteroatoms. The number of carbonyl (C=O) groups is 2. The van der Waals surface area contributed by atoms with Crippen molar-refractivity contribution in [2.45, 2.75) is 45.1 Å². The van der Waals surface area contributed by atoms with E-state index in [2.05, 4.69) is 20.8 Å². The Morgan fingerprint density at radius 3 is 2.75 bits per heavy atom. The summed E-state index contributed by atoms with van der Waals surface area (Å²) < 4.78 is 0. The number of urea groups is 1. The Morgan fingerprint density at radius 1 is 1.45 bits per heavy atom. The van der Waals surface area contributed by atoms with Gasteiger partial charge in [0.1, 0.15) is 10.5 Å². The maximum absolute atomic E-state index is 12.0. The van der Waals surface area contributed by atoms with Crippen molar-refractivity contribution in [1.82, 2.24) is 15.5 Å². The van der Waals surface area contributed by atoms with Crippen LogP contribution in [0.4, 0.5) is 9.93 Å². The molecular formula is C12H18N4O3S. The third-order valence-electron chi connectivity index (χ3n) is 3.51. The van der Waals surface area contributed by atoms with E-state index >= 15 is 0 Å². The molecule has 1 aromatic rings. The number of amides is 2. The van der Waals surface area contributed by atoms with Crippen LogP contribution in [-0.2, 0) is 4.79 Å². The fourth-order valence-corrected chi connectivity index (χ4v) is 3.19. The number of carboxylic acids is 1. The van der Waals surface area contributed by atoms with Crippen molar-refractivity contribution in [2.24, 2.45) is 5.92 Å². The average Bonchev–Trinajstić information content (AvgIpc) is 2.74. The minimum atomic E-state index is -1.18. The van der Waals surface area contributed by atoms with Crippen LogP contribution < -0.4 is 10.6 Å². The molecule has 0 saturated heterocycles. The third kappa shape index (κ3) is 3.24. The summed E-state index contributed by atoms with van der Waals surface area (Å²) in [5, 5.41) is 23.3. The number of nitrogens with zero attached hydrogens (tertiary/aromatic N) is 2. The molecule has 2 unspecified atom stereocenters. The number of carbonyl (C=O) groups excluding carboxylic acids is 1. The standard InChI is InChI=1S/C12H18N4O3S/c1-7-4-3-5-12(6-7,9(17)18)14-10(19)13-11-16-15-8(2)20-11/h7H,3-6H2,1-2H3,(H,17,18)(H2,13,14,16,19). The van der Waals surface area contributed by atoms with Gasteiger partial charge in [0.2, 0.25) is 5.13 Å². The molecule has 2 rings (SSSR count). The molecule has 0 aromatic carbocycles. The van der Waals surface area contributed by atoms with E-state index in [9.17, 15) is 14.7 Å². The van der Waals surface area contributed by atoms with Gasteiger partial charge < -0.3 is 10.4 Å². The van der Waals surface area contributed by atoms with E-state index in [0.29, 0.717) is 18.0 Å². The highest BCUT2D eigenvalue weighted by Crippen LogP contribution is 2.32. The Hall–Kier alpha value is -1.70. The van der Waals surface area contributed by atoms with Crippen LogP contribution in [0.2, 0.25) is 0 Å². The van der Waals surface area contributed by atoms with E-state index in [-0.39, 0.29) is 5.92 Å². The molecule has 3 N–H and O–H groups in total. The predicted octanol–water partition coefficient (Wildman–Crippen LogP) is 2.00. The second-order valence-electron chi connectivity index (χ2n) is 5.29. The van der Waals surface area contributed by atoms with Gasteiger partial charge in [-0.15, -0.1) is 10.2 Å². The lowest BCUT2D eigenvalue weighted by molar-refractivity contribution is -0.146. The van der Waals surface area contributed by atoms with Crippen molar-refractivity contribution in [3.8, 4) is 0 Å². The number of carboxylic acid groups (broad SMARTS) is 1. The van der Waals surface area contributed by atoms with Gasteiger partial charge in [-0.05, 0) is 25.7 Å². The van der Waals surface area contributed by atoms with E-state index in [1.54, 1.807) is 6.92 Å². The van der Waals surface area contributed by atoms with Crippen molar-refractivity contribution in [3.63, 3.8) is 0 Å². The van der Waals surface area contributed by atoms with Gasteiger partial charge >= 0.3 is 12.0 Å². The van der Waals surface area contributed by atoms with Gasteiger partial charge in [0.05, 0.1) is 0 Å². The number of rotatable bonds is 3. The van der Waals surface area contributed by atoms with E-state index < -0.39 is 17.5 Å². The summed E-state index contributed by atoms with van der Waals surface area (Å²) in [4.78, 5) is 23.5. The lowest BCUT2D eigenvalue weighted by atomic mass is 9.76. The molecule has 1 aliphatic rings. The van der Waals surface area contributed by atoms with E-state index in [0.717, 1.165) is 17.8 Å². The highest BCUT2D eigenvalue weighted by Gasteiger charge is 2.43. The smallest absolute Gasteiger partial charge is 0.329 e. The third-order valence-corrected chi connectivity index (χ3v) is 4.26. The molecule has 110 valence electrons.